The van der Waals surface area contributed by atoms with Crippen molar-refractivity contribution in [3.63, 3.8) is 0 Å². The van der Waals surface area contributed by atoms with Crippen LogP contribution in [-0.4, -0.2) is 29.7 Å². The minimum Gasteiger partial charge on any atom is -0.385 e. The van der Waals surface area contributed by atoms with Gasteiger partial charge in [0.05, 0.1) is 11.4 Å². The molecule has 1 aromatic carbocycles. The van der Waals surface area contributed by atoms with Crippen molar-refractivity contribution >= 4 is 43.2 Å². The first-order chi connectivity index (χ1) is 13.2. The molecule has 0 atom stereocenters. The topological polar surface area (TPSA) is 66.9 Å². The minimum atomic E-state index is 0.481. The normalized spacial score (nSPS) is 9.81. The lowest BCUT2D eigenvalue weighted by Crippen LogP contribution is -2.05. The largest absolute Gasteiger partial charge is 0.385 e. The Hall–Kier alpha value is -2.51. The average Bonchev–Trinajstić information content (AvgIpc) is 2.70. The van der Waals surface area contributed by atoms with Gasteiger partial charge in [-0.3, -0.25) is 9.78 Å². The van der Waals surface area contributed by atoms with Crippen molar-refractivity contribution < 1.29 is 4.79 Å². The van der Waals surface area contributed by atoms with Crippen molar-refractivity contribution in [2.24, 2.45) is 0 Å². The Balaban J connectivity index is 0.00000126. The van der Waals surface area contributed by atoms with Gasteiger partial charge in [-0.1, -0.05) is 24.3 Å². The number of nitrogens with zero attached hydrogens (tertiary/aromatic N) is 2. The Kier molecular flexibility index (Phi) is 7.69. The fourth-order valence-corrected chi connectivity index (χ4v) is 2.99. The molecule has 27 heavy (non-hydrogen) atoms. The second-order valence-corrected chi connectivity index (χ2v) is 5.98. The van der Waals surface area contributed by atoms with E-state index in [4.69, 9.17) is 4.98 Å². The van der Waals surface area contributed by atoms with Gasteiger partial charge < -0.3 is 10.6 Å². The highest BCUT2D eigenvalue weighted by atomic mass is 32.1. The number of aromatic nitrogens is 2. The Bertz CT molecular complexity index is 932. The van der Waals surface area contributed by atoms with Gasteiger partial charge in [-0.25, -0.2) is 4.98 Å². The van der Waals surface area contributed by atoms with Crippen LogP contribution >= 0.6 is 25.3 Å². The highest BCUT2D eigenvalue weighted by molar-refractivity contribution is 7.80. The fraction of sp³-hybridized carbons (Fsp3) is 0.150. The summed E-state index contributed by atoms with van der Waals surface area (Å²) in [5, 5.41) is 5.74. The van der Waals surface area contributed by atoms with Crippen LogP contribution in [0.5, 0.6) is 0 Å². The van der Waals surface area contributed by atoms with Gasteiger partial charge in [0.2, 0.25) is 6.41 Å². The molecule has 0 aliphatic heterocycles. The summed E-state index contributed by atoms with van der Waals surface area (Å²) in [4.78, 5) is 20.6. The van der Waals surface area contributed by atoms with Crippen LogP contribution in [0.1, 0.15) is 5.56 Å². The van der Waals surface area contributed by atoms with E-state index in [1.165, 1.54) is 0 Å². The maximum absolute atomic E-state index is 11.0. The van der Waals surface area contributed by atoms with Crippen LogP contribution in [0, 0.1) is 6.92 Å². The third-order valence-electron chi connectivity index (χ3n) is 3.98. The number of amides is 1. The Morgan fingerprint density at radius 2 is 1.81 bits per heavy atom. The molecule has 0 aliphatic carbocycles. The maximum atomic E-state index is 11.0. The van der Waals surface area contributed by atoms with E-state index in [0.717, 1.165) is 38.5 Å². The Labute approximate surface area is 170 Å². The zero-order chi connectivity index (χ0) is 19.8. The number of pyridine rings is 2. The summed E-state index contributed by atoms with van der Waals surface area (Å²) in [6.07, 6.45) is 5.75. The number of carbonyl (C=O) groups excluding carboxylic acids is 1. The van der Waals surface area contributed by atoms with Crippen LogP contribution in [0.4, 0.5) is 11.5 Å². The zero-order valence-corrected chi connectivity index (χ0v) is 17.2. The second-order valence-electron chi connectivity index (χ2n) is 5.50. The number of aryl methyl sites for hydroxylation is 1. The molecule has 5 nitrogen and oxygen atoms in total. The standard InChI is InChI=1S/C19H18N4OS.CH4S/c1-12-5-3-4-6-13(12)18-15(14-7-8-21-10-17(14)25)9-16(20-2)19(23-18)22-11-24;1-2/h3-11,20,25H,1-2H3,(H,22,23,24);2H,1H3. The van der Waals surface area contributed by atoms with Gasteiger partial charge in [-0.05, 0) is 30.9 Å². The predicted octanol–water partition coefficient (Wildman–Crippen LogP) is 4.56. The molecule has 2 aromatic heterocycles. The molecule has 1 amide bonds. The molecule has 7 heteroatoms. The molecule has 0 spiro atoms. The second kappa shape index (κ2) is 9.99. The number of hydrogen-bond donors (Lipinski definition) is 4. The van der Waals surface area contributed by atoms with Crippen LogP contribution in [0.3, 0.4) is 0 Å². The van der Waals surface area contributed by atoms with Gasteiger partial charge in [0.1, 0.15) is 0 Å². The van der Waals surface area contributed by atoms with E-state index in [-0.39, 0.29) is 0 Å². The van der Waals surface area contributed by atoms with E-state index >= 15 is 0 Å². The molecule has 0 saturated heterocycles. The number of carbonyl (C=O) groups is 1. The average molecular weight is 399 g/mol. The maximum Gasteiger partial charge on any atom is 0.212 e. The number of nitrogens with one attached hydrogen (secondary N) is 2. The van der Waals surface area contributed by atoms with Crippen LogP contribution in [0.15, 0.2) is 53.7 Å². The van der Waals surface area contributed by atoms with E-state index in [2.05, 4.69) is 40.9 Å². The van der Waals surface area contributed by atoms with Gasteiger partial charge in [-0.15, -0.1) is 12.6 Å². The van der Waals surface area contributed by atoms with Gasteiger partial charge in [-0.2, -0.15) is 12.6 Å². The zero-order valence-electron chi connectivity index (χ0n) is 15.4. The van der Waals surface area contributed by atoms with E-state index < -0.39 is 0 Å². The summed E-state index contributed by atoms with van der Waals surface area (Å²) in [6, 6.07) is 11.9. The highest BCUT2D eigenvalue weighted by Crippen LogP contribution is 2.38. The first kappa shape index (κ1) is 20.8. The summed E-state index contributed by atoms with van der Waals surface area (Å²) in [5.41, 5.74) is 5.45. The predicted molar refractivity (Wildman–Crippen MR) is 119 cm³/mol. The van der Waals surface area contributed by atoms with Crippen molar-refractivity contribution in [3.8, 4) is 22.4 Å². The van der Waals surface area contributed by atoms with Crippen molar-refractivity contribution in [3.05, 3.63) is 54.4 Å². The molecule has 0 radical (unpaired) electrons. The summed E-state index contributed by atoms with van der Waals surface area (Å²) < 4.78 is 0. The molecule has 0 saturated carbocycles. The van der Waals surface area contributed by atoms with Crippen molar-refractivity contribution in [1.29, 1.82) is 0 Å². The molecule has 140 valence electrons. The fourth-order valence-electron chi connectivity index (χ4n) is 2.73. The van der Waals surface area contributed by atoms with Crippen LogP contribution < -0.4 is 10.6 Å². The third-order valence-corrected chi connectivity index (χ3v) is 4.33. The Morgan fingerprint density at radius 3 is 2.44 bits per heavy atom. The van der Waals surface area contributed by atoms with Gasteiger partial charge in [0, 0.05) is 41.0 Å². The smallest absolute Gasteiger partial charge is 0.212 e. The van der Waals surface area contributed by atoms with Crippen LogP contribution in [0.2, 0.25) is 0 Å². The van der Waals surface area contributed by atoms with Crippen molar-refractivity contribution in [2.45, 2.75) is 11.8 Å². The SMILES string of the molecule is CNc1cc(-c2ccncc2S)c(-c2ccccc2C)nc1NC=O.CS. The molecule has 0 fully saturated rings. The van der Waals surface area contributed by atoms with Gasteiger partial charge in [0.15, 0.2) is 5.82 Å². The summed E-state index contributed by atoms with van der Waals surface area (Å²) in [5.74, 6) is 0.481. The number of anilines is 2. The summed E-state index contributed by atoms with van der Waals surface area (Å²) >= 11 is 8.07. The summed E-state index contributed by atoms with van der Waals surface area (Å²) in [6.45, 7) is 2.04. The van der Waals surface area contributed by atoms with Gasteiger partial charge in [0.25, 0.3) is 0 Å². The van der Waals surface area contributed by atoms with E-state index in [0.29, 0.717) is 12.2 Å². The number of thiol groups is 2. The first-order valence-electron chi connectivity index (χ1n) is 8.22. The van der Waals surface area contributed by atoms with Crippen molar-refractivity contribution in [2.75, 3.05) is 23.9 Å². The lowest BCUT2D eigenvalue weighted by Gasteiger charge is -2.17. The molecular weight excluding hydrogens is 376 g/mol. The third kappa shape index (κ3) is 4.61. The number of hydrogen-bond acceptors (Lipinski definition) is 6. The summed E-state index contributed by atoms with van der Waals surface area (Å²) in [7, 11) is 1.79. The molecule has 0 bridgehead atoms. The quantitative estimate of drug-likeness (QED) is 0.376. The lowest BCUT2D eigenvalue weighted by atomic mass is 9.96. The van der Waals surface area contributed by atoms with Crippen LogP contribution in [-0.2, 0) is 4.79 Å². The van der Waals surface area contributed by atoms with Gasteiger partial charge >= 0.3 is 0 Å². The highest BCUT2D eigenvalue weighted by Gasteiger charge is 2.17. The lowest BCUT2D eigenvalue weighted by molar-refractivity contribution is -0.105. The van der Waals surface area contributed by atoms with Crippen LogP contribution in [0.25, 0.3) is 22.4 Å². The number of benzene rings is 1. The van der Waals surface area contributed by atoms with E-state index in [1.54, 1.807) is 25.7 Å². The molecule has 2 heterocycles. The first-order valence-corrected chi connectivity index (χ1v) is 9.57. The molecule has 0 unspecified atom stereocenters. The molecule has 3 aromatic rings. The number of rotatable bonds is 5. The van der Waals surface area contributed by atoms with E-state index in [1.807, 2.05) is 43.3 Å². The Morgan fingerprint density at radius 1 is 1.07 bits per heavy atom. The van der Waals surface area contributed by atoms with E-state index in [9.17, 15) is 4.79 Å². The van der Waals surface area contributed by atoms with Crippen molar-refractivity contribution in [1.82, 2.24) is 9.97 Å². The molecule has 2 N–H and O–H groups in total. The molecule has 3 rings (SSSR count). The monoisotopic (exact) mass is 398 g/mol. The molecule has 0 aliphatic rings. The minimum absolute atomic E-state index is 0.481. The molecular formula is C20H22N4OS2.